The van der Waals surface area contributed by atoms with Crippen LogP contribution in [-0.2, 0) is 6.54 Å². The van der Waals surface area contributed by atoms with E-state index in [4.69, 9.17) is 5.73 Å². The van der Waals surface area contributed by atoms with Crippen LogP contribution in [0.15, 0.2) is 6.07 Å². The van der Waals surface area contributed by atoms with E-state index in [9.17, 15) is 23.3 Å². The van der Waals surface area contributed by atoms with Gasteiger partial charge >= 0.3 is 6.36 Å². The van der Waals surface area contributed by atoms with Crippen molar-refractivity contribution >= 4 is 5.69 Å². The van der Waals surface area contributed by atoms with Gasteiger partial charge in [0.05, 0.1) is 18.1 Å². The van der Waals surface area contributed by atoms with Crippen LogP contribution in [0.4, 0.5) is 18.9 Å². The van der Waals surface area contributed by atoms with Crippen molar-refractivity contribution in [3.8, 4) is 11.8 Å². The molecule has 100 valence electrons. The second kappa shape index (κ2) is 5.04. The molecule has 0 radical (unpaired) electrons. The average Bonchev–Trinajstić information content (AvgIpc) is 2.25. The molecule has 0 spiro atoms. The lowest BCUT2D eigenvalue weighted by molar-refractivity contribution is -0.385. The monoisotopic (exact) mass is 267 g/mol. The van der Waals surface area contributed by atoms with Crippen LogP contribution in [0, 0.1) is 10.1 Å². The van der Waals surface area contributed by atoms with Gasteiger partial charge in [-0.15, -0.1) is 13.2 Å². The largest absolute Gasteiger partial charge is 0.574 e. The molecule has 0 fully saturated rings. The lowest BCUT2D eigenvalue weighted by atomic mass is 10.2. The highest BCUT2D eigenvalue weighted by Gasteiger charge is 2.33. The number of alkyl halides is 3. The fourth-order valence-electron chi connectivity index (χ4n) is 1.21. The smallest absolute Gasteiger partial charge is 0.480 e. The summed E-state index contributed by atoms with van der Waals surface area (Å²) in [6.45, 7) is -0.307. The molecule has 0 bridgehead atoms. The number of ether oxygens (including phenoxy) is 2. The molecule has 1 heterocycles. The quantitative estimate of drug-likeness (QED) is 0.652. The van der Waals surface area contributed by atoms with E-state index in [1.807, 2.05) is 0 Å². The van der Waals surface area contributed by atoms with E-state index in [1.165, 1.54) is 0 Å². The molecule has 0 aliphatic carbocycles. The summed E-state index contributed by atoms with van der Waals surface area (Å²) in [7, 11) is 1.10. The maximum absolute atomic E-state index is 12.0. The van der Waals surface area contributed by atoms with Crippen molar-refractivity contribution in [3.05, 3.63) is 21.7 Å². The van der Waals surface area contributed by atoms with E-state index < -0.39 is 22.9 Å². The first-order valence-electron chi connectivity index (χ1n) is 4.46. The predicted octanol–water partition coefficient (Wildman–Crippen LogP) is 1.36. The molecule has 0 saturated carbocycles. The molecule has 0 aromatic carbocycles. The highest BCUT2D eigenvalue weighted by molar-refractivity contribution is 5.49. The minimum absolute atomic E-state index is 0.114. The molecule has 0 atom stereocenters. The first-order valence-corrected chi connectivity index (χ1v) is 4.46. The van der Waals surface area contributed by atoms with E-state index in [-0.39, 0.29) is 18.0 Å². The summed E-state index contributed by atoms with van der Waals surface area (Å²) in [6.07, 6.45) is -5.00. The standard InChI is InChI=1S/C8H8F3N3O4/c1-17-7-4(3-12)5(14(15)16)2-6(13-7)18-8(9,10)11/h2H,3,12H2,1H3. The number of methoxy groups -OCH3 is 1. The van der Waals surface area contributed by atoms with Crippen LogP contribution in [0.2, 0.25) is 0 Å². The number of pyridine rings is 1. The summed E-state index contributed by atoms with van der Waals surface area (Å²) in [5.41, 5.74) is 4.49. The number of hydrogen-bond acceptors (Lipinski definition) is 6. The highest BCUT2D eigenvalue weighted by Crippen LogP contribution is 2.32. The molecular formula is C8H8F3N3O4. The summed E-state index contributed by atoms with van der Waals surface area (Å²) in [4.78, 5) is 13.1. The molecule has 10 heteroatoms. The summed E-state index contributed by atoms with van der Waals surface area (Å²) < 4.78 is 44.1. The number of nitrogens with zero attached hydrogens (tertiary/aromatic N) is 2. The highest BCUT2D eigenvalue weighted by atomic mass is 19.4. The first-order chi connectivity index (χ1) is 8.28. The Balaban J connectivity index is 3.32. The van der Waals surface area contributed by atoms with E-state index in [2.05, 4.69) is 14.5 Å². The number of rotatable bonds is 4. The van der Waals surface area contributed by atoms with Gasteiger partial charge in [-0.3, -0.25) is 10.1 Å². The summed E-state index contributed by atoms with van der Waals surface area (Å²) >= 11 is 0. The molecule has 1 aromatic rings. The SMILES string of the molecule is COc1nc(OC(F)(F)F)cc([N+](=O)[O-])c1CN. The average molecular weight is 267 g/mol. The van der Waals surface area contributed by atoms with Gasteiger partial charge in [0, 0.05) is 6.54 Å². The second-order valence-corrected chi connectivity index (χ2v) is 2.98. The van der Waals surface area contributed by atoms with Gasteiger partial charge in [0.15, 0.2) is 0 Å². The molecule has 1 aromatic heterocycles. The molecule has 0 amide bonds. The normalized spacial score (nSPS) is 11.2. The van der Waals surface area contributed by atoms with E-state index in [0.717, 1.165) is 7.11 Å². The van der Waals surface area contributed by atoms with E-state index in [0.29, 0.717) is 6.07 Å². The zero-order chi connectivity index (χ0) is 13.9. The molecule has 0 aliphatic heterocycles. The minimum atomic E-state index is -5.00. The van der Waals surface area contributed by atoms with Gasteiger partial charge in [-0.2, -0.15) is 4.98 Å². The Kier molecular flexibility index (Phi) is 3.91. The maximum atomic E-state index is 12.0. The van der Waals surface area contributed by atoms with Crippen LogP contribution in [0.3, 0.4) is 0 Å². The third-order valence-electron chi connectivity index (χ3n) is 1.85. The van der Waals surface area contributed by atoms with E-state index >= 15 is 0 Å². The molecule has 0 saturated heterocycles. The molecule has 2 N–H and O–H groups in total. The second-order valence-electron chi connectivity index (χ2n) is 2.98. The van der Waals surface area contributed by atoms with Crippen LogP contribution in [0.5, 0.6) is 11.8 Å². The Bertz CT molecular complexity index is 464. The van der Waals surface area contributed by atoms with Crippen molar-refractivity contribution in [2.75, 3.05) is 7.11 Å². The van der Waals surface area contributed by atoms with Crippen LogP contribution in [-0.4, -0.2) is 23.4 Å². The third-order valence-corrected chi connectivity index (χ3v) is 1.85. The van der Waals surface area contributed by atoms with Crippen molar-refractivity contribution in [1.29, 1.82) is 0 Å². The molecule has 18 heavy (non-hydrogen) atoms. The topological polar surface area (TPSA) is 101 Å². The summed E-state index contributed by atoms with van der Waals surface area (Å²) in [5, 5.41) is 10.7. The number of halogens is 3. The van der Waals surface area contributed by atoms with Gasteiger partial charge in [0.1, 0.15) is 5.56 Å². The molecule has 0 aliphatic rings. The van der Waals surface area contributed by atoms with Crippen molar-refractivity contribution in [3.63, 3.8) is 0 Å². The molecule has 1 rings (SSSR count). The molecule has 7 nitrogen and oxygen atoms in total. The van der Waals surface area contributed by atoms with Crippen LogP contribution < -0.4 is 15.2 Å². The van der Waals surface area contributed by atoms with Crippen LogP contribution >= 0.6 is 0 Å². The third kappa shape index (κ3) is 3.20. The van der Waals surface area contributed by atoms with Crippen molar-refractivity contribution < 1.29 is 27.6 Å². The van der Waals surface area contributed by atoms with Crippen LogP contribution in [0.1, 0.15) is 5.56 Å². The molecular weight excluding hydrogens is 259 g/mol. The summed E-state index contributed by atoms with van der Waals surface area (Å²) in [5.74, 6) is -1.37. The Morgan fingerprint density at radius 2 is 2.17 bits per heavy atom. The number of nitrogens with two attached hydrogens (primary N) is 1. The Labute approximate surface area is 98.5 Å². The Morgan fingerprint density at radius 3 is 2.56 bits per heavy atom. The maximum Gasteiger partial charge on any atom is 0.574 e. The lowest BCUT2D eigenvalue weighted by Gasteiger charge is -2.11. The van der Waals surface area contributed by atoms with Crippen molar-refractivity contribution in [2.24, 2.45) is 5.73 Å². The van der Waals surface area contributed by atoms with Gasteiger partial charge in [-0.05, 0) is 0 Å². The zero-order valence-corrected chi connectivity index (χ0v) is 9.02. The van der Waals surface area contributed by atoms with Gasteiger partial charge in [-0.25, -0.2) is 0 Å². The number of nitro groups is 1. The van der Waals surface area contributed by atoms with Gasteiger partial charge in [0.2, 0.25) is 11.8 Å². The van der Waals surface area contributed by atoms with Crippen molar-refractivity contribution in [1.82, 2.24) is 4.98 Å². The fourth-order valence-corrected chi connectivity index (χ4v) is 1.21. The van der Waals surface area contributed by atoms with Crippen molar-refractivity contribution in [2.45, 2.75) is 12.9 Å². The van der Waals surface area contributed by atoms with E-state index in [1.54, 1.807) is 0 Å². The number of aromatic nitrogens is 1. The molecule has 0 unspecified atom stereocenters. The number of hydrogen-bond donors (Lipinski definition) is 1. The fraction of sp³-hybridized carbons (Fsp3) is 0.375. The Hall–Kier alpha value is -2.10. The summed E-state index contributed by atoms with van der Waals surface area (Å²) in [6, 6.07) is 0.540. The lowest BCUT2D eigenvalue weighted by Crippen LogP contribution is -2.18. The van der Waals surface area contributed by atoms with Gasteiger partial charge < -0.3 is 15.2 Å². The first kappa shape index (κ1) is 14.0. The van der Waals surface area contributed by atoms with Gasteiger partial charge in [0.25, 0.3) is 5.69 Å². The zero-order valence-electron chi connectivity index (χ0n) is 9.02. The predicted molar refractivity (Wildman–Crippen MR) is 52.0 cm³/mol. The van der Waals surface area contributed by atoms with Crippen LogP contribution in [0.25, 0.3) is 0 Å². The van der Waals surface area contributed by atoms with Gasteiger partial charge in [-0.1, -0.05) is 0 Å². The Morgan fingerprint density at radius 1 is 1.56 bits per heavy atom. The minimum Gasteiger partial charge on any atom is -0.480 e.